The standard InChI is InChI=1S/C30H31N7O3/c1-30(2)23-15-20(8-7-19(23)11-14-34(30)3)32-29-31-17-22-27(33-29)37-21-9-10-25-24(16-21)35(26(38)18-40-25)12-5-4-6-13-36(37)28(22)39/h4,6-10,15-17H,5,11-14,18H2,1-3H3,(H,31,32,33). The summed E-state index contributed by atoms with van der Waals surface area (Å²) in [6, 6.07) is 12.0. The molecule has 0 aliphatic carbocycles. The maximum absolute atomic E-state index is 13.5. The van der Waals surface area contributed by atoms with Crippen LogP contribution in [0, 0.1) is 0 Å². The molecule has 2 aromatic carbocycles. The van der Waals surface area contributed by atoms with E-state index in [2.05, 4.69) is 54.3 Å². The Bertz CT molecular complexity index is 1770. The molecule has 204 valence electrons. The minimum absolute atomic E-state index is 0.0195. The second-order valence-electron chi connectivity index (χ2n) is 11.1. The Morgan fingerprint density at radius 3 is 2.80 bits per heavy atom. The van der Waals surface area contributed by atoms with E-state index in [1.54, 1.807) is 15.8 Å². The molecule has 2 bridgehead atoms. The maximum Gasteiger partial charge on any atom is 0.278 e. The van der Waals surface area contributed by atoms with Gasteiger partial charge in [-0.15, -0.1) is 0 Å². The number of rotatable bonds is 2. The number of aromatic nitrogens is 4. The molecule has 0 atom stereocenters. The molecule has 40 heavy (non-hydrogen) atoms. The minimum atomic E-state index is -0.175. The first-order chi connectivity index (χ1) is 19.3. The van der Waals surface area contributed by atoms with Crippen molar-refractivity contribution in [2.75, 3.05) is 37.0 Å². The minimum Gasteiger partial charge on any atom is -0.482 e. The van der Waals surface area contributed by atoms with E-state index in [-0.39, 0.29) is 23.6 Å². The number of ether oxygens (including phenoxy) is 1. The zero-order valence-corrected chi connectivity index (χ0v) is 22.8. The SMILES string of the molecule is CN1CCc2ccc(Nc3ncc4c(=O)n5n(c4n3)-c3ccc4c(c3)N(CCC=CC5)C(=O)CO4)cc2C1(C)C. The van der Waals surface area contributed by atoms with Crippen molar-refractivity contribution < 1.29 is 9.53 Å². The number of likely N-dealkylation sites (N-methyl/N-ethyl adjacent to an activating group) is 1. The number of fused-ring (bicyclic) bond motifs is 6. The highest BCUT2D eigenvalue weighted by Gasteiger charge is 2.32. The number of amides is 1. The van der Waals surface area contributed by atoms with E-state index >= 15 is 0 Å². The van der Waals surface area contributed by atoms with Crippen molar-refractivity contribution >= 4 is 34.3 Å². The highest BCUT2D eigenvalue weighted by Crippen LogP contribution is 2.37. The first kappa shape index (κ1) is 24.6. The molecule has 2 aromatic heterocycles. The van der Waals surface area contributed by atoms with Crippen molar-refractivity contribution in [1.29, 1.82) is 0 Å². The van der Waals surface area contributed by atoms with Crippen LogP contribution in [0.25, 0.3) is 16.7 Å². The third kappa shape index (κ3) is 3.82. The van der Waals surface area contributed by atoms with Crippen LogP contribution < -0.4 is 20.5 Å². The molecule has 0 fully saturated rings. The molecule has 0 radical (unpaired) electrons. The lowest BCUT2D eigenvalue weighted by Gasteiger charge is -2.41. The quantitative estimate of drug-likeness (QED) is 0.389. The van der Waals surface area contributed by atoms with Gasteiger partial charge in [0.1, 0.15) is 11.1 Å². The van der Waals surface area contributed by atoms with Crippen LogP contribution in [0.3, 0.4) is 0 Å². The van der Waals surface area contributed by atoms with Gasteiger partial charge in [-0.05, 0) is 75.2 Å². The zero-order valence-electron chi connectivity index (χ0n) is 22.8. The smallest absolute Gasteiger partial charge is 0.278 e. The number of nitrogens with one attached hydrogen (secondary N) is 1. The summed E-state index contributed by atoms with van der Waals surface area (Å²) in [5, 5.41) is 3.79. The molecular formula is C30H31N7O3. The molecule has 0 unspecified atom stereocenters. The molecule has 5 heterocycles. The molecular weight excluding hydrogens is 506 g/mol. The summed E-state index contributed by atoms with van der Waals surface area (Å²) in [6.45, 7) is 6.43. The Hall–Kier alpha value is -4.44. The molecule has 0 saturated heterocycles. The van der Waals surface area contributed by atoms with Gasteiger partial charge in [-0.25, -0.2) is 14.3 Å². The van der Waals surface area contributed by atoms with E-state index < -0.39 is 0 Å². The van der Waals surface area contributed by atoms with Crippen LogP contribution in [0.5, 0.6) is 5.75 Å². The van der Waals surface area contributed by atoms with Gasteiger partial charge in [0.2, 0.25) is 5.95 Å². The number of carbonyl (C=O) groups excluding carboxylic acids is 1. The summed E-state index contributed by atoms with van der Waals surface area (Å²) >= 11 is 0. The molecule has 4 aromatic rings. The zero-order chi connectivity index (χ0) is 27.6. The normalized spacial score (nSPS) is 18.1. The van der Waals surface area contributed by atoms with Gasteiger partial charge in [-0.3, -0.25) is 14.5 Å². The Kier molecular flexibility index (Phi) is 5.57. The molecule has 0 saturated carbocycles. The van der Waals surface area contributed by atoms with E-state index in [9.17, 15) is 9.59 Å². The van der Waals surface area contributed by atoms with E-state index in [4.69, 9.17) is 9.72 Å². The first-order valence-corrected chi connectivity index (χ1v) is 13.6. The van der Waals surface area contributed by atoms with Gasteiger partial charge in [0.15, 0.2) is 12.3 Å². The molecule has 7 rings (SSSR count). The average Bonchev–Trinajstić information content (AvgIpc) is 3.20. The van der Waals surface area contributed by atoms with Crippen LogP contribution >= 0.6 is 0 Å². The fourth-order valence-electron chi connectivity index (χ4n) is 5.92. The molecule has 3 aliphatic heterocycles. The molecule has 1 N–H and O–H groups in total. The second-order valence-corrected chi connectivity index (χ2v) is 11.1. The number of allylic oxidation sites excluding steroid dienone is 1. The first-order valence-electron chi connectivity index (χ1n) is 13.6. The maximum atomic E-state index is 13.5. The lowest BCUT2D eigenvalue weighted by Crippen LogP contribution is -2.43. The molecule has 1 amide bonds. The summed E-state index contributed by atoms with van der Waals surface area (Å²) in [5.74, 6) is 0.966. The van der Waals surface area contributed by atoms with Gasteiger partial charge in [-0.1, -0.05) is 18.2 Å². The van der Waals surface area contributed by atoms with Crippen LogP contribution in [-0.4, -0.2) is 56.9 Å². The predicted octanol–water partition coefficient (Wildman–Crippen LogP) is 3.73. The van der Waals surface area contributed by atoms with Crippen LogP contribution in [0.1, 0.15) is 31.4 Å². The lowest BCUT2D eigenvalue weighted by molar-refractivity contribution is -0.121. The van der Waals surface area contributed by atoms with Crippen LogP contribution in [0.4, 0.5) is 17.3 Å². The summed E-state index contributed by atoms with van der Waals surface area (Å²) in [6.07, 6.45) is 7.23. The van der Waals surface area contributed by atoms with Crippen molar-refractivity contribution in [1.82, 2.24) is 24.2 Å². The predicted molar refractivity (Wildman–Crippen MR) is 154 cm³/mol. The average molecular weight is 538 g/mol. The monoisotopic (exact) mass is 537 g/mol. The van der Waals surface area contributed by atoms with Gasteiger partial charge in [0.05, 0.1) is 17.9 Å². The van der Waals surface area contributed by atoms with Gasteiger partial charge in [0.25, 0.3) is 11.5 Å². The Morgan fingerprint density at radius 1 is 1.05 bits per heavy atom. The van der Waals surface area contributed by atoms with Crippen LogP contribution in [0.2, 0.25) is 0 Å². The number of anilines is 3. The molecule has 3 aliphatic rings. The van der Waals surface area contributed by atoms with Crippen LogP contribution in [-0.2, 0) is 23.3 Å². The second kappa shape index (κ2) is 9.06. The lowest BCUT2D eigenvalue weighted by atomic mass is 9.83. The van der Waals surface area contributed by atoms with E-state index in [0.29, 0.717) is 53.6 Å². The third-order valence-corrected chi connectivity index (χ3v) is 8.47. The largest absolute Gasteiger partial charge is 0.482 e. The van der Waals surface area contributed by atoms with Crippen molar-refractivity contribution in [2.45, 2.75) is 38.8 Å². The summed E-state index contributed by atoms with van der Waals surface area (Å²) < 4.78 is 9.16. The Morgan fingerprint density at radius 2 is 1.93 bits per heavy atom. The number of nitrogens with zero attached hydrogens (tertiary/aromatic N) is 6. The highest BCUT2D eigenvalue weighted by atomic mass is 16.5. The van der Waals surface area contributed by atoms with Crippen molar-refractivity contribution in [3.8, 4) is 11.4 Å². The van der Waals surface area contributed by atoms with Gasteiger partial charge >= 0.3 is 0 Å². The van der Waals surface area contributed by atoms with Crippen molar-refractivity contribution in [3.05, 3.63) is 76.2 Å². The van der Waals surface area contributed by atoms with Gasteiger partial charge < -0.3 is 15.0 Å². The number of hydrogen-bond acceptors (Lipinski definition) is 7. The summed E-state index contributed by atoms with van der Waals surface area (Å²) in [5.41, 5.74) is 5.16. The Balaban J connectivity index is 1.35. The molecule has 0 spiro atoms. The van der Waals surface area contributed by atoms with Gasteiger partial charge in [0, 0.05) is 30.5 Å². The van der Waals surface area contributed by atoms with Crippen LogP contribution in [0.15, 0.2) is 59.5 Å². The summed E-state index contributed by atoms with van der Waals surface area (Å²) in [7, 11) is 2.15. The number of benzene rings is 2. The fourth-order valence-corrected chi connectivity index (χ4v) is 5.92. The van der Waals surface area contributed by atoms with E-state index in [0.717, 1.165) is 18.7 Å². The topological polar surface area (TPSA) is 97.5 Å². The van der Waals surface area contributed by atoms with Gasteiger partial charge in [-0.2, -0.15) is 4.98 Å². The van der Waals surface area contributed by atoms with E-state index in [1.165, 1.54) is 11.1 Å². The van der Waals surface area contributed by atoms with Crippen molar-refractivity contribution in [3.63, 3.8) is 0 Å². The van der Waals surface area contributed by atoms with E-state index in [1.807, 2.05) is 35.0 Å². The summed E-state index contributed by atoms with van der Waals surface area (Å²) in [4.78, 5) is 39.7. The molecule has 10 heteroatoms. The Labute approximate surface area is 231 Å². The third-order valence-electron chi connectivity index (χ3n) is 8.47. The van der Waals surface area contributed by atoms with Crippen molar-refractivity contribution in [2.24, 2.45) is 0 Å². The highest BCUT2D eigenvalue weighted by molar-refractivity contribution is 5.98. The number of carbonyl (C=O) groups is 1. The molecule has 10 nitrogen and oxygen atoms in total. The fraction of sp³-hybridized carbons (Fsp3) is 0.333. The number of hydrogen-bond donors (Lipinski definition) is 1.